The molecule has 2 rings (SSSR count). The van der Waals surface area contributed by atoms with Gasteiger partial charge >= 0.3 is 0 Å². The van der Waals surface area contributed by atoms with E-state index >= 15 is 0 Å². The third-order valence-electron chi connectivity index (χ3n) is 4.30. The van der Waals surface area contributed by atoms with Gasteiger partial charge < -0.3 is 19.9 Å². The second-order valence-corrected chi connectivity index (χ2v) is 5.76. The summed E-state index contributed by atoms with van der Waals surface area (Å²) in [6.07, 6.45) is 4.87. The van der Waals surface area contributed by atoms with Crippen LogP contribution in [-0.4, -0.2) is 31.5 Å². The van der Waals surface area contributed by atoms with Gasteiger partial charge in [-0.1, -0.05) is 13.0 Å². The molecular weight excluding hydrogens is 266 g/mol. The molecule has 3 atom stereocenters. The first kappa shape index (κ1) is 16.1. The quantitative estimate of drug-likeness (QED) is 0.846. The van der Waals surface area contributed by atoms with Crippen molar-refractivity contribution in [1.82, 2.24) is 5.32 Å². The third kappa shape index (κ3) is 4.11. The fourth-order valence-electron chi connectivity index (χ4n) is 3.12. The van der Waals surface area contributed by atoms with Crippen LogP contribution in [0, 0.1) is 0 Å². The topological polar surface area (TPSA) is 50.7 Å². The molecule has 4 heteroatoms. The van der Waals surface area contributed by atoms with Gasteiger partial charge in [0.1, 0.15) is 0 Å². The second-order valence-electron chi connectivity index (χ2n) is 5.76. The maximum atomic E-state index is 9.81. The minimum Gasteiger partial charge on any atom is -0.493 e. The average Bonchev–Trinajstić information content (AvgIpc) is 2.52. The molecule has 0 heterocycles. The Labute approximate surface area is 127 Å². The molecule has 2 N–H and O–H groups in total. The van der Waals surface area contributed by atoms with Crippen LogP contribution >= 0.6 is 0 Å². The molecule has 1 aromatic rings. The van der Waals surface area contributed by atoms with Crippen molar-refractivity contribution >= 4 is 0 Å². The highest BCUT2D eigenvalue weighted by Crippen LogP contribution is 2.31. The molecule has 0 radical (unpaired) electrons. The van der Waals surface area contributed by atoms with Crippen molar-refractivity contribution < 1.29 is 14.6 Å². The van der Waals surface area contributed by atoms with Crippen LogP contribution in [0.15, 0.2) is 18.2 Å². The van der Waals surface area contributed by atoms with E-state index in [9.17, 15) is 5.11 Å². The molecule has 0 aliphatic heterocycles. The molecule has 21 heavy (non-hydrogen) atoms. The number of rotatable bonds is 6. The van der Waals surface area contributed by atoms with Crippen LogP contribution < -0.4 is 14.8 Å². The summed E-state index contributed by atoms with van der Waals surface area (Å²) < 4.78 is 10.7. The highest BCUT2D eigenvalue weighted by atomic mass is 16.5. The van der Waals surface area contributed by atoms with Gasteiger partial charge in [0.25, 0.3) is 0 Å². The first-order valence-corrected chi connectivity index (χ1v) is 7.84. The van der Waals surface area contributed by atoms with E-state index in [2.05, 4.69) is 18.3 Å². The second kappa shape index (κ2) is 7.66. The summed E-state index contributed by atoms with van der Waals surface area (Å²) in [5.41, 5.74) is 1.20. The van der Waals surface area contributed by atoms with Gasteiger partial charge in [0, 0.05) is 12.1 Å². The molecule has 0 amide bonds. The number of hydrogen-bond donors (Lipinski definition) is 2. The van der Waals surface area contributed by atoms with Gasteiger partial charge in [-0.05, 0) is 49.8 Å². The lowest BCUT2D eigenvalue weighted by Crippen LogP contribution is -2.38. The van der Waals surface area contributed by atoms with Crippen LogP contribution in [0.25, 0.3) is 0 Å². The van der Waals surface area contributed by atoms with E-state index in [1.807, 2.05) is 12.1 Å². The van der Waals surface area contributed by atoms with E-state index in [0.717, 1.165) is 43.6 Å². The predicted octanol–water partition coefficient (Wildman–Crippen LogP) is 3.05. The third-order valence-corrected chi connectivity index (χ3v) is 4.30. The minimum absolute atomic E-state index is 0.154. The molecule has 0 spiro atoms. The zero-order valence-corrected chi connectivity index (χ0v) is 13.3. The first-order valence-electron chi connectivity index (χ1n) is 7.84. The molecule has 0 saturated heterocycles. The smallest absolute Gasteiger partial charge is 0.161 e. The summed E-state index contributed by atoms with van der Waals surface area (Å²) in [7, 11) is 3.31. The highest BCUT2D eigenvalue weighted by molar-refractivity contribution is 5.43. The standard InChI is InChI=1S/C17H27NO3/c1-4-15(18-13-6-5-7-14(19)11-13)12-8-9-16(20-2)17(10-12)21-3/h8-10,13-15,18-19H,4-7,11H2,1-3H3. The van der Waals surface area contributed by atoms with Gasteiger partial charge in [0.05, 0.1) is 20.3 Å². The van der Waals surface area contributed by atoms with Crippen LogP contribution in [0.2, 0.25) is 0 Å². The van der Waals surface area contributed by atoms with Crippen molar-refractivity contribution in [2.24, 2.45) is 0 Å². The Morgan fingerprint density at radius 1 is 1.24 bits per heavy atom. The Balaban J connectivity index is 2.09. The first-order chi connectivity index (χ1) is 10.2. The van der Waals surface area contributed by atoms with Crippen LogP contribution in [0.4, 0.5) is 0 Å². The lowest BCUT2D eigenvalue weighted by Gasteiger charge is -2.31. The zero-order valence-electron chi connectivity index (χ0n) is 13.3. The van der Waals surface area contributed by atoms with Gasteiger partial charge in [-0.2, -0.15) is 0 Å². The minimum atomic E-state index is -0.154. The van der Waals surface area contributed by atoms with E-state index in [1.165, 1.54) is 5.56 Å². The number of benzene rings is 1. The maximum Gasteiger partial charge on any atom is 0.161 e. The fraction of sp³-hybridized carbons (Fsp3) is 0.647. The lowest BCUT2D eigenvalue weighted by molar-refractivity contribution is 0.108. The van der Waals surface area contributed by atoms with Crippen LogP contribution in [-0.2, 0) is 0 Å². The number of nitrogens with one attached hydrogen (secondary N) is 1. The van der Waals surface area contributed by atoms with E-state index in [0.29, 0.717) is 6.04 Å². The van der Waals surface area contributed by atoms with E-state index < -0.39 is 0 Å². The van der Waals surface area contributed by atoms with Crippen molar-refractivity contribution in [1.29, 1.82) is 0 Å². The maximum absolute atomic E-state index is 9.81. The van der Waals surface area contributed by atoms with Crippen molar-refractivity contribution in [2.75, 3.05) is 14.2 Å². The molecule has 0 aromatic heterocycles. The molecule has 4 nitrogen and oxygen atoms in total. The Morgan fingerprint density at radius 3 is 2.62 bits per heavy atom. The fourth-order valence-corrected chi connectivity index (χ4v) is 3.12. The van der Waals surface area contributed by atoms with Crippen molar-refractivity contribution in [2.45, 2.75) is 57.2 Å². The molecule has 118 valence electrons. The van der Waals surface area contributed by atoms with Gasteiger partial charge in [-0.15, -0.1) is 0 Å². The average molecular weight is 293 g/mol. The Kier molecular flexibility index (Phi) is 5.88. The largest absolute Gasteiger partial charge is 0.493 e. The summed E-state index contributed by atoms with van der Waals surface area (Å²) in [6.45, 7) is 2.17. The molecule has 1 fully saturated rings. The van der Waals surface area contributed by atoms with Crippen molar-refractivity contribution in [3.8, 4) is 11.5 Å². The molecule has 1 aliphatic rings. The van der Waals surface area contributed by atoms with Crippen LogP contribution in [0.5, 0.6) is 11.5 Å². The Morgan fingerprint density at radius 2 is 2.00 bits per heavy atom. The van der Waals surface area contributed by atoms with Gasteiger partial charge in [-0.25, -0.2) is 0 Å². The summed E-state index contributed by atoms with van der Waals surface area (Å²) in [5, 5.41) is 13.5. The van der Waals surface area contributed by atoms with Crippen LogP contribution in [0.3, 0.4) is 0 Å². The summed E-state index contributed by atoms with van der Waals surface area (Å²) in [6, 6.07) is 6.75. The zero-order chi connectivity index (χ0) is 15.2. The monoisotopic (exact) mass is 293 g/mol. The number of aliphatic hydroxyl groups excluding tert-OH is 1. The molecule has 3 unspecified atom stereocenters. The predicted molar refractivity (Wildman–Crippen MR) is 84.0 cm³/mol. The van der Waals surface area contributed by atoms with Gasteiger partial charge in [0.15, 0.2) is 11.5 Å². The molecule has 1 aliphatic carbocycles. The Bertz CT molecular complexity index is 450. The van der Waals surface area contributed by atoms with Crippen LogP contribution in [0.1, 0.15) is 50.6 Å². The highest BCUT2D eigenvalue weighted by Gasteiger charge is 2.23. The molecule has 1 aromatic carbocycles. The number of hydrogen-bond acceptors (Lipinski definition) is 4. The molecule has 0 bridgehead atoms. The summed E-state index contributed by atoms with van der Waals surface area (Å²) in [4.78, 5) is 0. The summed E-state index contributed by atoms with van der Waals surface area (Å²) in [5.74, 6) is 1.52. The van der Waals surface area contributed by atoms with E-state index in [1.54, 1.807) is 14.2 Å². The van der Waals surface area contributed by atoms with Gasteiger partial charge in [-0.3, -0.25) is 0 Å². The number of ether oxygens (including phenoxy) is 2. The number of aliphatic hydroxyl groups is 1. The van der Waals surface area contributed by atoms with E-state index in [4.69, 9.17) is 9.47 Å². The molecule has 1 saturated carbocycles. The normalized spacial score (nSPS) is 23.6. The van der Waals surface area contributed by atoms with Crippen molar-refractivity contribution in [3.05, 3.63) is 23.8 Å². The van der Waals surface area contributed by atoms with Gasteiger partial charge in [0.2, 0.25) is 0 Å². The Hall–Kier alpha value is -1.26. The van der Waals surface area contributed by atoms with Crippen molar-refractivity contribution in [3.63, 3.8) is 0 Å². The number of methoxy groups -OCH3 is 2. The SMILES string of the molecule is CCC(NC1CCCC(O)C1)c1ccc(OC)c(OC)c1. The van der Waals surface area contributed by atoms with E-state index in [-0.39, 0.29) is 12.1 Å². The molecular formula is C17H27NO3. The lowest BCUT2D eigenvalue weighted by atomic mass is 9.91. The summed E-state index contributed by atoms with van der Waals surface area (Å²) >= 11 is 0.